The van der Waals surface area contributed by atoms with Crippen molar-refractivity contribution < 1.29 is 14.6 Å². The normalized spacial score (nSPS) is 13.5. The van der Waals surface area contributed by atoms with Crippen molar-refractivity contribution in [2.75, 3.05) is 5.32 Å². The van der Waals surface area contributed by atoms with Crippen LogP contribution in [-0.4, -0.2) is 11.3 Å². The first-order valence-electron chi connectivity index (χ1n) is 4.31. The van der Waals surface area contributed by atoms with Crippen LogP contribution < -0.4 is 5.32 Å². The van der Waals surface area contributed by atoms with Crippen LogP contribution in [0.25, 0.3) is 0 Å². The molecule has 1 aliphatic rings. The summed E-state index contributed by atoms with van der Waals surface area (Å²) in [6, 6.07) is 5.41. The number of anilines is 1. The summed E-state index contributed by atoms with van der Waals surface area (Å²) < 4.78 is 4.51. The summed E-state index contributed by atoms with van der Waals surface area (Å²) in [7, 11) is 0. The molecule has 4 nitrogen and oxygen atoms in total. The van der Waals surface area contributed by atoms with Gasteiger partial charge in [-0.05, 0) is 30.2 Å². The topological polar surface area (TPSA) is 58.6 Å². The second-order valence-corrected chi connectivity index (χ2v) is 3.50. The summed E-state index contributed by atoms with van der Waals surface area (Å²) in [6.07, 6.45) is 0.964. The molecule has 78 valence electrons. The molecule has 0 aromatic heterocycles. The van der Waals surface area contributed by atoms with Gasteiger partial charge in [0, 0.05) is 10.7 Å². The lowest BCUT2D eigenvalue weighted by Crippen LogP contribution is -2.13. The van der Waals surface area contributed by atoms with Gasteiger partial charge in [-0.25, -0.2) is 4.79 Å². The number of nitrogens with one attached hydrogen (secondary N) is 1. The molecule has 0 spiro atoms. The van der Waals surface area contributed by atoms with Crippen molar-refractivity contribution >= 4 is 23.4 Å². The van der Waals surface area contributed by atoms with Crippen LogP contribution in [0.1, 0.15) is 5.56 Å². The number of carbonyl (C=O) groups is 1. The number of rotatable bonds is 1. The van der Waals surface area contributed by atoms with E-state index in [1.807, 2.05) is 6.07 Å². The number of hydrogen-bond acceptors (Lipinski definition) is 3. The quantitative estimate of drug-likeness (QED) is 0.722. The van der Waals surface area contributed by atoms with E-state index in [2.05, 4.69) is 10.1 Å². The molecule has 1 aromatic carbocycles. The molecule has 2 N–H and O–H groups in total. The Morgan fingerprint density at radius 2 is 2.33 bits per heavy atom. The van der Waals surface area contributed by atoms with Crippen molar-refractivity contribution in [3.63, 3.8) is 0 Å². The van der Waals surface area contributed by atoms with Gasteiger partial charge in [-0.1, -0.05) is 17.7 Å². The Morgan fingerprint density at radius 3 is 3.07 bits per heavy atom. The third-order valence-electron chi connectivity index (χ3n) is 2.03. The molecule has 2 rings (SSSR count). The van der Waals surface area contributed by atoms with E-state index in [1.165, 1.54) is 0 Å². The fraction of sp³-hybridized carbons (Fsp3) is 0.100. The van der Waals surface area contributed by atoms with Crippen LogP contribution in [-0.2, 0) is 11.2 Å². The van der Waals surface area contributed by atoms with Gasteiger partial charge < -0.3 is 15.2 Å². The van der Waals surface area contributed by atoms with E-state index in [0.29, 0.717) is 11.4 Å². The lowest BCUT2D eigenvalue weighted by Gasteiger charge is -2.17. The third kappa shape index (κ3) is 2.22. The van der Waals surface area contributed by atoms with Crippen molar-refractivity contribution in [2.24, 2.45) is 0 Å². The molecule has 0 atom stereocenters. The maximum Gasteiger partial charge on any atom is 0.512 e. The van der Waals surface area contributed by atoms with Gasteiger partial charge in [0.05, 0.1) is 0 Å². The van der Waals surface area contributed by atoms with Gasteiger partial charge in [-0.15, -0.1) is 0 Å². The highest BCUT2D eigenvalue weighted by Crippen LogP contribution is 2.26. The Morgan fingerprint density at radius 1 is 1.53 bits per heavy atom. The molecule has 0 unspecified atom stereocenters. The van der Waals surface area contributed by atoms with E-state index < -0.39 is 6.16 Å². The number of benzene rings is 1. The Kier molecular flexibility index (Phi) is 2.51. The minimum absolute atomic E-state index is 0.220. The van der Waals surface area contributed by atoms with E-state index in [-0.39, 0.29) is 5.88 Å². The predicted molar refractivity (Wildman–Crippen MR) is 56.0 cm³/mol. The van der Waals surface area contributed by atoms with Gasteiger partial charge in [0.1, 0.15) is 0 Å². The molecule has 0 radical (unpaired) electrons. The van der Waals surface area contributed by atoms with E-state index in [0.717, 1.165) is 11.3 Å². The number of fused-ring (bicyclic) bond motifs is 1. The molecular formula is C10H8ClNO3. The van der Waals surface area contributed by atoms with Crippen LogP contribution in [0.4, 0.5) is 10.5 Å². The third-order valence-corrected chi connectivity index (χ3v) is 2.27. The molecule has 0 amide bonds. The molecule has 0 fully saturated rings. The highest BCUT2D eigenvalue weighted by atomic mass is 35.5. The van der Waals surface area contributed by atoms with Crippen molar-refractivity contribution in [3.05, 3.63) is 40.7 Å². The summed E-state index contributed by atoms with van der Waals surface area (Å²) in [4.78, 5) is 10.3. The van der Waals surface area contributed by atoms with Gasteiger partial charge in [-0.3, -0.25) is 0 Å². The first-order valence-corrected chi connectivity index (χ1v) is 4.69. The minimum atomic E-state index is -1.33. The zero-order valence-corrected chi connectivity index (χ0v) is 8.41. The van der Waals surface area contributed by atoms with Crippen LogP contribution in [0.5, 0.6) is 0 Å². The number of allylic oxidation sites excluding steroid dienone is 1. The van der Waals surface area contributed by atoms with E-state index in [9.17, 15) is 4.79 Å². The Balaban J connectivity index is 2.21. The molecule has 0 saturated heterocycles. The highest BCUT2D eigenvalue weighted by Gasteiger charge is 2.13. The zero-order chi connectivity index (χ0) is 10.8. The van der Waals surface area contributed by atoms with Crippen molar-refractivity contribution in [1.29, 1.82) is 0 Å². The number of ether oxygens (including phenoxy) is 1. The smallest absolute Gasteiger partial charge is 0.449 e. The van der Waals surface area contributed by atoms with E-state index in [1.54, 1.807) is 18.2 Å². The van der Waals surface area contributed by atoms with Crippen LogP contribution in [0.2, 0.25) is 5.02 Å². The summed E-state index contributed by atoms with van der Waals surface area (Å²) in [5, 5.41) is 11.9. The fourth-order valence-electron chi connectivity index (χ4n) is 1.39. The molecule has 0 bridgehead atoms. The molecule has 0 aliphatic carbocycles. The standard InChI is InChI=1S/C10H8ClNO3/c11-7-3-1-6-2-4-9(15-10(13)14)12-8(6)5-7/h1,3-5,12H,2H2,(H,13,14). The van der Waals surface area contributed by atoms with Crippen LogP contribution >= 0.6 is 11.6 Å². The molecular weight excluding hydrogens is 218 g/mol. The predicted octanol–water partition coefficient (Wildman–Crippen LogP) is 2.84. The first-order chi connectivity index (χ1) is 7.15. The highest BCUT2D eigenvalue weighted by molar-refractivity contribution is 6.30. The number of halogens is 1. The molecule has 1 aromatic rings. The van der Waals surface area contributed by atoms with Gasteiger partial charge in [0.2, 0.25) is 5.88 Å². The molecule has 0 saturated carbocycles. The molecule has 5 heteroatoms. The van der Waals surface area contributed by atoms with Crippen molar-refractivity contribution in [3.8, 4) is 0 Å². The Bertz CT molecular complexity index is 442. The first kappa shape index (κ1) is 9.86. The fourth-order valence-corrected chi connectivity index (χ4v) is 1.56. The van der Waals surface area contributed by atoms with Gasteiger partial charge in [-0.2, -0.15) is 0 Å². The second-order valence-electron chi connectivity index (χ2n) is 3.07. The lowest BCUT2D eigenvalue weighted by molar-refractivity contribution is 0.119. The maximum absolute atomic E-state index is 10.3. The average molecular weight is 226 g/mol. The Labute approximate surface area is 91.1 Å². The van der Waals surface area contributed by atoms with Crippen molar-refractivity contribution in [1.82, 2.24) is 0 Å². The van der Waals surface area contributed by atoms with Gasteiger partial charge in [0.15, 0.2) is 0 Å². The number of carboxylic acid groups (broad SMARTS) is 1. The van der Waals surface area contributed by atoms with Crippen molar-refractivity contribution in [2.45, 2.75) is 6.42 Å². The van der Waals surface area contributed by atoms with Gasteiger partial charge >= 0.3 is 6.16 Å². The zero-order valence-electron chi connectivity index (χ0n) is 7.66. The lowest BCUT2D eigenvalue weighted by atomic mass is 10.1. The largest absolute Gasteiger partial charge is 0.512 e. The van der Waals surface area contributed by atoms with E-state index in [4.69, 9.17) is 16.7 Å². The average Bonchev–Trinajstić information content (AvgIpc) is 2.16. The molecule has 15 heavy (non-hydrogen) atoms. The summed E-state index contributed by atoms with van der Waals surface area (Å²) in [5.41, 5.74) is 1.83. The van der Waals surface area contributed by atoms with Crippen LogP contribution in [0.15, 0.2) is 30.2 Å². The van der Waals surface area contributed by atoms with E-state index >= 15 is 0 Å². The minimum Gasteiger partial charge on any atom is -0.449 e. The maximum atomic E-state index is 10.3. The van der Waals surface area contributed by atoms with Crippen LogP contribution in [0, 0.1) is 0 Å². The molecule has 1 aliphatic heterocycles. The van der Waals surface area contributed by atoms with Crippen LogP contribution in [0.3, 0.4) is 0 Å². The van der Waals surface area contributed by atoms with Gasteiger partial charge in [0.25, 0.3) is 0 Å². The molecule has 1 heterocycles. The SMILES string of the molecule is O=C(O)OC1=CCc2ccc(Cl)cc2N1. The summed E-state index contributed by atoms with van der Waals surface area (Å²) >= 11 is 5.81. The summed E-state index contributed by atoms with van der Waals surface area (Å²) in [6.45, 7) is 0. The number of hydrogen-bond donors (Lipinski definition) is 2. The second kappa shape index (κ2) is 3.82. The monoisotopic (exact) mass is 225 g/mol. The Hall–Kier alpha value is -1.68. The summed E-state index contributed by atoms with van der Waals surface area (Å²) in [5.74, 6) is 0.220.